The van der Waals surface area contributed by atoms with E-state index in [2.05, 4.69) is 86.7 Å². The molecule has 2 aliphatic heterocycles. The van der Waals surface area contributed by atoms with Crippen LogP contribution in [-0.2, 0) is 9.59 Å². The van der Waals surface area contributed by atoms with Crippen LogP contribution in [0.25, 0.3) is 0 Å². The van der Waals surface area contributed by atoms with Crippen molar-refractivity contribution in [2.24, 2.45) is 5.92 Å². The number of rotatable bonds is 7. The topological polar surface area (TPSA) is 55.9 Å². The molecule has 2 fully saturated rings. The molecule has 0 saturated carbocycles. The Morgan fingerprint density at radius 1 is 0.769 bits per heavy atom. The first-order valence-corrected chi connectivity index (χ1v) is 14.2. The maximum absolute atomic E-state index is 13.4. The molecule has 0 radical (unpaired) electrons. The normalized spacial score (nSPS) is 17.4. The summed E-state index contributed by atoms with van der Waals surface area (Å²) in [6.07, 6.45) is 1.62. The monoisotopic (exact) mass is 524 g/mol. The van der Waals surface area contributed by atoms with Gasteiger partial charge in [0.05, 0.1) is 12.6 Å². The van der Waals surface area contributed by atoms with Crippen molar-refractivity contribution in [1.82, 2.24) is 14.7 Å². The number of likely N-dealkylation sites (tertiary alicyclic amines) is 1. The third-order valence-corrected chi connectivity index (χ3v) is 8.03. The van der Waals surface area contributed by atoms with Gasteiger partial charge >= 0.3 is 0 Å². The van der Waals surface area contributed by atoms with Crippen molar-refractivity contribution < 1.29 is 9.59 Å². The van der Waals surface area contributed by atoms with E-state index in [9.17, 15) is 9.59 Å². The molecule has 0 unspecified atom stereocenters. The van der Waals surface area contributed by atoms with Crippen molar-refractivity contribution in [2.45, 2.75) is 32.7 Å². The number of piperazine rings is 1. The smallest absolute Gasteiger partial charge is 0.238 e. The summed E-state index contributed by atoms with van der Waals surface area (Å²) in [6, 6.07) is 27.6. The molecule has 0 aliphatic carbocycles. The highest BCUT2D eigenvalue weighted by Gasteiger charge is 2.33. The molecule has 5 rings (SSSR count). The standard InChI is InChI=1S/C33H40N4O2/c1-25-21-26(2)23-30(22-25)34-31(38)24-35-15-13-29(14-16-35)33(39)37-19-17-36(18-20-37)32(27-9-5-3-6-10-27)28-11-7-4-8-12-28/h3-12,21-23,29,32H,13-20,24H2,1-2H3,(H,34,38). The first-order chi connectivity index (χ1) is 19.0. The van der Waals surface area contributed by atoms with Gasteiger partial charge < -0.3 is 10.2 Å². The average molecular weight is 525 g/mol. The molecule has 6 nitrogen and oxygen atoms in total. The molecular weight excluding hydrogens is 484 g/mol. The number of piperidine rings is 1. The fraction of sp³-hybridized carbons (Fsp3) is 0.394. The van der Waals surface area contributed by atoms with Crippen LogP contribution in [0.1, 0.15) is 41.1 Å². The van der Waals surface area contributed by atoms with E-state index in [-0.39, 0.29) is 23.8 Å². The fourth-order valence-corrected chi connectivity index (χ4v) is 6.13. The number of nitrogens with one attached hydrogen (secondary N) is 1. The van der Waals surface area contributed by atoms with Gasteiger partial charge in [-0.3, -0.25) is 19.4 Å². The summed E-state index contributed by atoms with van der Waals surface area (Å²) in [5.41, 5.74) is 5.71. The Hall–Kier alpha value is -3.48. The van der Waals surface area contributed by atoms with Crippen LogP contribution in [0.5, 0.6) is 0 Å². The summed E-state index contributed by atoms with van der Waals surface area (Å²) < 4.78 is 0. The van der Waals surface area contributed by atoms with Gasteiger partial charge in [-0.15, -0.1) is 0 Å². The third-order valence-electron chi connectivity index (χ3n) is 8.03. The van der Waals surface area contributed by atoms with E-state index < -0.39 is 0 Å². The molecule has 1 N–H and O–H groups in total. The minimum atomic E-state index is 0.00675. The quantitative estimate of drug-likeness (QED) is 0.478. The lowest BCUT2D eigenvalue weighted by molar-refractivity contribution is -0.139. The number of amides is 2. The second-order valence-electron chi connectivity index (χ2n) is 11.1. The highest BCUT2D eigenvalue weighted by molar-refractivity contribution is 5.92. The van der Waals surface area contributed by atoms with Crippen LogP contribution < -0.4 is 5.32 Å². The zero-order valence-corrected chi connectivity index (χ0v) is 23.2. The largest absolute Gasteiger partial charge is 0.340 e. The third kappa shape index (κ3) is 6.94. The number of aryl methyl sites for hydroxylation is 2. The van der Waals surface area contributed by atoms with Gasteiger partial charge in [-0.25, -0.2) is 0 Å². The Kier molecular flexibility index (Phi) is 8.74. The minimum absolute atomic E-state index is 0.00675. The summed E-state index contributed by atoms with van der Waals surface area (Å²) in [6.45, 7) is 9.23. The maximum Gasteiger partial charge on any atom is 0.238 e. The van der Waals surface area contributed by atoms with Gasteiger partial charge in [0.2, 0.25) is 11.8 Å². The van der Waals surface area contributed by atoms with E-state index in [0.29, 0.717) is 6.54 Å². The van der Waals surface area contributed by atoms with Crippen LogP contribution in [0.3, 0.4) is 0 Å². The number of hydrogen-bond donors (Lipinski definition) is 1. The fourth-order valence-electron chi connectivity index (χ4n) is 6.13. The number of hydrogen-bond acceptors (Lipinski definition) is 4. The predicted molar refractivity (Wildman–Crippen MR) is 157 cm³/mol. The molecule has 6 heteroatoms. The zero-order chi connectivity index (χ0) is 27.2. The van der Waals surface area contributed by atoms with E-state index in [1.54, 1.807) is 0 Å². The summed E-state index contributed by atoms with van der Waals surface area (Å²) in [4.78, 5) is 32.8. The van der Waals surface area contributed by atoms with Gasteiger partial charge in [0, 0.05) is 37.8 Å². The van der Waals surface area contributed by atoms with Crippen LogP contribution >= 0.6 is 0 Å². The maximum atomic E-state index is 13.4. The van der Waals surface area contributed by atoms with Gasteiger partial charge in [0.25, 0.3) is 0 Å². The molecule has 3 aromatic rings. The lowest BCUT2D eigenvalue weighted by Gasteiger charge is -2.41. The summed E-state index contributed by atoms with van der Waals surface area (Å²) in [5.74, 6) is 0.339. The van der Waals surface area contributed by atoms with Crippen molar-refractivity contribution in [3.8, 4) is 0 Å². The van der Waals surface area contributed by atoms with Crippen LogP contribution in [0, 0.1) is 19.8 Å². The SMILES string of the molecule is Cc1cc(C)cc(NC(=O)CN2CCC(C(=O)N3CCN(C(c4ccccc4)c4ccccc4)CC3)CC2)c1. The first-order valence-electron chi connectivity index (χ1n) is 14.2. The molecule has 2 aliphatic rings. The molecule has 0 spiro atoms. The van der Waals surface area contributed by atoms with Crippen molar-refractivity contribution >= 4 is 17.5 Å². The van der Waals surface area contributed by atoms with Gasteiger partial charge in [-0.2, -0.15) is 0 Å². The summed E-state index contributed by atoms with van der Waals surface area (Å²) >= 11 is 0. The molecule has 0 aromatic heterocycles. The van der Waals surface area contributed by atoms with E-state index >= 15 is 0 Å². The van der Waals surface area contributed by atoms with E-state index in [1.165, 1.54) is 11.1 Å². The molecule has 3 aromatic carbocycles. The van der Waals surface area contributed by atoms with E-state index in [4.69, 9.17) is 0 Å². The predicted octanol–water partition coefficient (Wildman–Crippen LogP) is 4.89. The lowest BCUT2D eigenvalue weighted by atomic mass is 9.94. The van der Waals surface area contributed by atoms with Crippen molar-refractivity contribution in [3.63, 3.8) is 0 Å². The molecular formula is C33H40N4O2. The van der Waals surface area contributed by atoms with Crippen LogP contribution in [0.15, 0.2) is 78.9 Å². The van der Waals surface area contributed by atoms with Gasteiger partial charge in [-0.1, -0.05) is 66.7 Å². The second-order valence-corrected chi connectivity index (χ2v) is 11.1. The van der Waals surface area contributed by atoms with E-state index in [0.717, 1.165) is 68.9 Å². The summed E-state index contributed by atoms with van der Waals surface area (Å²) in [5, 5.41) is 3.03. The van der Waals surface area contributed by atoms with Gasteiger partial charge in [0.1, 0.15) is 0 Å². The Bertz CT molecular complexity index is 1190. The van der Waals surface area contributed by atoms with Gasteiger partial charge in [0.15, 0.2) is 0 Å². The second kappa shape index (κ2) is 12.6. The Balaban J connectivity index is 1.11. The first kappa shape index (κ1) is 27.1. The van der Waals surface area contributed by atoms with Crippen molar-refractivity contribution in [2.75, 3.05) is 51.1 Å². The van der Waals surface area contributed by atoms with Crippen molar-refractivity contribution in [1.29, 1.82) is 0 Å². The highest BCUT2D eigenvalue weighted by atomic mass is 16.2. The summed E-state index contributed by atoms with van der Waals surface area (Å²) in [7, 11) is 0. The minimum Gasteiger partial charge on any atom is -0.340 e. The van der Waals surface area contributed by atoms with E-state index in [1.807, 2.05) is 26.0 Å². The molecule has 0 atom stereocenters. The number of nitrogens with zero attached hydrogens (tertiary/aromatic N) is 3. The molecule has 2 saturated heterocycles. The molecule has 2 amide bonds. The molecule has 204 valence electrons. The van der Waals surface area contributed by atoms with Crippen molar-refractivity contribution in [3.05, 3.63) is 101 Å². The average Bonchev–Trinajstić information content (AvgIpc) is 2.94. The van der Waals surface area contributed by atoms with Crippen LogP contribution in [0.2, 0.25) is 0 Å². The molecule has 0 bridgehead atoms. The number of carbonyl (C=O) groups excluding carboxylic acids is 2. The molecule has 39 heavy (non-hydrogen) atoms. The highest BCUT2D eigenvalue weighted by Crippen LogP contribution is 2.30. The Morgan fingerprint density at radius 2 is 1.31 bits per heavy atom. The lowest BCUT2D eigenvalue weighted by Crippen LogP contribution is -2.52. The Morgan fingerprint density at radius 3 is 1.85 bits per heavy atom. The Labute approximate surface area is 232 Å². The zero-order valence-electron chi connectivity index (χ0n) is 23.2. The van der Waals surface area contributed by atoms with Crippen LogP contribution in [0.4, 0.5) is 5.69 Å². The number of anilines is 1. The van der Waals surface area contributed by atoms with Crippen LogP contribution in [-0.4, -0.2) is 72.3 Å². The number of carbonyl (C=O) groups is 2. The number of benzene rings is 3. The van der Waals surface area contributed by atoms with Gasteiger partial charge in [-0.05, 0) is 74.2 Å². The molecule has 2 heterocycles.